The van der Waals surface area contributed by atoms with Crippen LogP contribution in [0.25, 0.3) is 0 Å². The quantitative estimate of drug-likeness (QED) is 0.758. The lowest BCUT2D eigenvalue weighted by molar-refractivity contribution is -0.126. The van der Waals surface area contributed by atoms with Crippen LogP contribution in [0.1, 0.15) is 44.6 Å². The Labute approximate surface area is 127 Å². The molecule has 21 heavy (non-hydrogen) atoms. The fourth-order valence-electron chi connectivity index (χ4n) is 2.98. The molecule has 0 radical (unpaired) electrons. The van der Waals surface area contributed by atoms with E-state index in [1.54, 1.807) is 6.20 Å². The van der Waals surface area contributed by atoms with Gasteiger partial charge in [0.05, 0.1) is 0 Å². The molecule has 2 atom stereocenters. The van der Waals surface area contributed by atoms with Gasteiger partial charge in [0.2, 0.25) is 5.91 Å². The highest BCUT2D eigenvalue weighted by atomic mass is 16.1. The Hall–Kier alpha value is -1.42. The first-order valence-corrected chi connectivity index (χ1v) is 8.13. The largest absolute Gasteiger partial charge is 0.356 e. The number of carbonyl (C=O) groups is 1. The number of nitrogens with one attached hydrogen (secondary N) is 2. The van der Waals surface area contributed by atoms with E-state index in [9.17, 15) is 4.79 Å². The van der Waals surface area contributed by atoms with Gasteiger partial charge in [0.15, 0.2) is 0 Å². The summed E-state index contributed by atoms with van der Waals surface area (Å²) < 4.78 is 0. The lowest BCUT2D eigenvalue weighted by Crippen LogP contribution is -2.34. The second kappa shape index (κ2) is 8.78. The van der Waals surface area contributed by atoms with Crippen LogP contribution in [0.2, 0.25) is 0 Å². The number of amides is 1. The lowest BCUT2D eigenvalue weighted by atomic mass is 9.82. The molecule has 2 N–H and O–H groups in total. The van der Waals surface area contributed by atoms with E-state index >= 15 is 0 Å². The molecule has 116 valence electrons. The van der Waals surface area contributed by atoms with Crippen molar-refractivity contribution in [2.45, 2.75) is 45.6 Å². The minimum absolute atomic E-state index is 0.247. The molecular weight excluding hydrogens is 262 g/mol. The Morgan fingerprint density at radius 3 is 3.05 bits per heavy atom. The molecule has 1 aromatic heterocycles. The van der Waals surface area contributed by atoms with Crippen LogP contribution < -0.4 is 10.6 Å². The fraction of sp³-hybridized carbons (Fsp3) is 0.647. The molecule has 2 rings (SSSR count). The van der Waals surface area contributed by atoms with Crippen molar-refractivity contribution in [3.63, 3.8) is 0 Å². The van der Waals surface area contributed by atoms with E-state index in [1.807, 2.05) is 12.3 Å². The van der Waals surface area contributed by atoms with Gasteiger partial charge in [-0.1, -0.05) is 25.8 Å². The number of carbonyl (C=O) groups excluding carboxylic acids is 1. The minimum atomic E-state index is 0.247. The summed E-state index contributed by atoms with van der Waals surface area (Å²) in [5.74, 6) is 1.21. The molecule has 0 saturated heterocycles. The van der Waals surface area contributed by atoms with Crippen LogP contribution in [0.3, 0.4) is 0 Å². The molecule has 1 saturated carbocycles. The molecule has 0 aromatic carbocycles. The molecule has 1 aliphatic carbocycles. The monoisotopic (exact) mass is 289 g/mol. The summed E-state index contributed by atoms with van der Waals surface area (Å²) in [4.78, 5) is 16.1. The Kier molecular flexibility index (Phi) is 6.67. The van der Waals surface area contributed by atoms with Crippen molar-refractivity contribution in [2.75, 3.05) is 13.1 Å². The molecule has 1 amide bonds. The van der Waals surface area contributed by atoms with E-state index in [0.29, 0.717) is 5.92 Å². The highest BCUT2D eigenvalue weighted by molar-refractivity contribution is 5.78. The van der Waals surface area contributed by atoms with Crippen LogP contribution in [0, 0.1) is 11.8 Å². The standard InChI is InChI=1S/C17H27N3O/c1-14-5-2-7-16(11-14)17(21)20-10-4-9-19-13-15-6-3-8-18-12-15/h3,6,8,12,14,16,19H,2,4-5,7,9-11,13H2,1H3,(H,20,21). The van der Waals surface area contributed by atoms with E-state index in [-0.39, 0.29) is 11.8 Å². The van der Waals surface area contributed by atoms with Crippen LogP contribution in [0.5, 0.6) is 0 Å². The zero-order chi connectivity index (χ0) is 14.9. The maximum absolute atomic E-state index is 12.1. The average molecular weight is 289 g/mol. The van der Waals surface area contributed by atoms with Crippen molar-refractivity contribution in [1.82, 2.24) is 15.6 Å². The third-order valence-electron chi connectivity index (χ3n) is 4.19. The number of hydrogen-bond donors (Lipinski definition) is 2. The van der Waals surface area contributed by atoms with Crippen molar-refractivity contribution in [2.24, 2.45) is 11.8 Å². The first-order valence-electron chi connectivity index (χ1n) is 8.13. The summed E-state index contributed by atoms with van der Waals surface area (Å²) in [6.45, 7) is 4.77. The van der Waals surface area contributed by atoms with Crippen LogP contribution in [-0.4, -0.2) is 24.0 Å². The van der Waals surface area contributed by atoms with Gasteiger partial charge in [0.1, 0.15) is 0 Å². The Morgan fingerprint density at radius 2 is 2.29 bits per heavy atom. The van der Waals surface area contributed by atoms with Crippen LogP contribution in [-0.2, 0) is 11.3 Å². The van der Waals surface area contributed by atoms with Crippen molar-refractivity contribution in [3.05, 3.63) is 30.1 Å². The molecule has 2 unspecified atom stereocenters. The molecule has 4 heteroatoms. The zero-order valence-electron chi connectivity index (χ0n) is 13.0. The third-order valence-corrected chi connectivity index (χ3v) is 4.19. The number of pyridine rings is 1. The van der Waals surface area contributed by atoms with Gasteiger partial charge in [-0.25, -0.2) is 0 Å². The van der Waals surface area contributed by atoms with Gasteiger partial charge >= 0.3 is 0 Å². The summed E-state index contributed by atoms with van der Waals surface area (Å²) in [6.07, 6.45) is 9.23. The summed E-state index contributed by atoms with van der Waals surface area (Å²) in [7, 11) is 0. The number of aromatic nitrogens is 1. The maximum atomic E-state index is 12.1. The van der Waals surface area contributed by atoms with Gasteiger partial charge in [0, 0.05) is 31.4 Å². The van der Waals surface area contributed by atoms with Gasteiger partial charge in [-0.05, 0) is 43.4 Å². The second-order valence-electron chi connectivity index (χ2n) is 6.15. The van der Waals surface area contributed by atoms with E-state index < -0.39 is 0 Å². The Balaban J connectivity index is 1.52. The maximum Gasteiger partial charge on any atom is 0.223 e. The summed E-state index contributed by atoms with van der Waals surface area (Å²) in [5.41, 5.74) is 1.19. The van der Waals surface area contributed by atoms with Crippen molar-refractivity contribution >= 4 is 5.91 Å². The molecule has 0 spiro atoms. The van der Waals surface area contributed by atoms with Crippen molar-refractivity contribution in [1.29, 1.82) is 0 Å². The lowest BCUT2D eigenvalue weighted by Gasteiger charge is -2.25. The van der Waals surface area contributed by atoms with Crippen molar-refractivity contribution < 1.29 is 4.79 Å². The molecule has 4 nitrogen and oxygen atoms in total. The molecule has 1 fully saturated rings. The predicted octanol–water partition coefficient (Wildman–Crippen LogP) is 2.50. The van der Waals surface area contributed by atoms with Crippen LogP contribution in [0.15, 0.2) is 24.5 Å². The highest BCUT2D eigenvalue weighted by Gasteiger charge is 2.24. The minimum Gasteiger partial charge on any atom is -0.356 e. The third kappa shape index (κ3) is 5.84. The molecule has 1 heterocycles. The van der Waals surface area contributed by atoms with Gasteiger partial charge in [-0.15, -0.1) is 0 Å². The highest BCUT2D eigenvalue weighted by Crippen LogP contribution is 2.28. The smallest absolute Gasteiger partial charge is 0.223 e. The Morgan fingerprint density at radius 1 is 1.38 bits per heavy atom. The van der Waals surface area contributed by atoms with E-state index in [1.165, 1.54) is 18.4 Å². The summed E-state index contributed by atoms with van der Waals surface area (Å²) >= 11 is 0. The number of nitrogens with zero attached hydrogens (tertiary/aromatic N) is 1. The van der Waals surface area contributed by atoms with Crippen molar-refractivity contribution in [3.8, 4) is 0 Å². The van der Waals surface area contributed by atoms with E-state index in [4.69, 9.17) is 0 Å². The van der Waals surface area contributed by atoms with E-state index in [2.05, 4.69) is 28.6 Å². The number of rotatable bonds is 7. The molecule has 0 bridgehead atoms. The van der Waals surface area contributed by atoms with Crippen LogP contribution in [0.4, 0.5) is 0 Å². The predicted molar refractivity (Wildman–Crippen MR) is 84.7 cm³/mol. The molecule has 1 aliphatic rings. The van der Waals surface area contributed by atoms with Crippen LogP contribution >= 0.6 is 0 Å². The second-order valence-corrected chi connectivity index (χ2v) is 6.15. The number of hydrogen-bond acceptors (Lipinski definition) is 3. The topological polar surface area (TPSA) is 54.0 Å². The summed E-state index contributed by atoms with van der Waals surface area (Å²) in [5, 5.41) is 6.45. The SMILES string of the molecule is CC1CCCC(C(=O)NCCCNCc2cccnc2)C1. The zero-order valence-corrected chi connectivity index (χ0v) is 13.0. The van der Waals surface area contributed by atoms with Gasteiger partial charge in [-0.3, -0.25) is 9.78 Å². The fourth-order valence-corrected chi connectivity index (χ4v) is 2.98. The van der Waals surface area contributed by atoms with Gasteiger partial charge < -0.3 is 10.6 Å². The van der Waals surface area contributed by atoms with Gasteiger partial charge in [0.25, 0.3) is 0 Å². The summed E-state index contributed by atoms with van der Waals surface area (Å²) in [6, 6.07) is 4.01. The normalized spacial score (nSPS) is 22.0. The van der Waals surface area contributed by atoms with Gasteiger partial charge in [-0.2, -0.15) is 0 Å². The Bertz CT molecular complexity index is 421. The molecular formula is C17H27N3O. The average Bonchev–Trinajstić information content (AvgIpc) is 2.51. The molecule has 0 aliphatic heterocycles. The first-order chi connectivity index (χ1) is 10.3. The molecule has 1 aromatic rings. The first kappa shape index (κ1) is 16.0. The van der Waals surface area contributed by atoms with E-state index in [0.717, 1.165) is 38.9 Å².